The minimum absolute atomic E-state index is 0.609. The van der Waals surface area contributed by atoms with Gasteiger partial charge in [-0.05, 0) is 25.7 Å². The monoisotopic (exact) mass is 196 g/mol. The molecule has 0 aromatic carbocycles. The molecule has 2 N–H and O–H groups in total. The Hall–Kier alpha value is -0.410. The van der Waals surface area contributed by atoms with E-state index in [1.54, 1.807) is 0 Å². The fraction of sp³-hybridized carbons (Fsp3) is 0.700. The maximum absolute atomic E-state index is 5.59. The van der Waals surface area contributed by atoms with E-state index in [-0.39, 0.29) is 0 Å². The second kappa shape index (κ2) is 4.20. The number of aryl methyl sites for hydroxylation is 2. The van der Waals surface area contributed by atoms with Gasteiger partial charge in [-0.25, -0.2) is 4.98 Å². The Labute approximate surface area is 83.2 Å². The van der Waals surface area contributed by atoms with E-state index in [1.807, 2.05) is 11.3 Å². The average molecular weight is 196 g/mol. The molecule has 1 aliphatic rings. The number of fused-ring (bicyclic) bond motifs is 1. The largest absolute Gasteiger partial charge is 0.325 e. The predicted octanol–water partition coefficient (Wildman–Crippen LogP) is 2.26. The molecule has 2 rings (SSSR count). The standard InChI is InChI=1S/C10H16N2S/c11-7-10-12-8-5-3-1-2-4-6-9(8)13-10/h1-7,11H2. The summed E-state index contributed by atoms with van der Waals surface area (Å²) in [5, 5.41) is 1.12. The number of rotatable bonds is 1. The molecule has 3 heteroatoms. The fourth-order valence-electron chi connectivity index (χ4n) is 1.85. The summed E-state index contributed by atoms with van der Waals surface area (Å²) in [5.74, 6) is 0. The average Bonchev–Trinajstić information content (AvgIpc) is 2.47. The van der Waals surface area contributed by atoms with Crippen LogP contribution >= 0.6 is 11.3 Å². The zero-order valence-electron chi connectivity index (χ0n) is 7.88. The van der Waals surface area contributed by atoms with Gasteiger partial charge >= 0.3 is 0 Å². The summed E-state index contributed by atoms with van der Waals surface area (Å²) in [5.41, 5.74) is 6.93. The summed E-state index contributed by atoms with van der Waals surface area (Å²) in [6.07, 6.45) is 7.79. The van der Waals surface area contributed by atoms with Crippen LogP contribution in [-0.4, -0.2) is 4.98 Å². The summed E-state index contributed by atoms with van der Waals surface area (Å²) >= 11 is 1.82. The molecule has 0 radical (unpaired) electrons. The number of thiazole rings is 1. The molecule has 0 fully saturated rings. The van der Waals surface area contributed by atoms with Gasteiger partial charge in [0.25, 0.3) is 0 Å². The lowest BCUT2D eigenvalue weighted by Gasteiger charge is -2.06. The van der Waals surface area contributed by atoms with Crippen LogP contribution in [0.3, 0.4) is 0 Å². The zero-order chi connectivity index (χ0) is 9.10. The van der Waals surface area contributed by atoms with Crippen molar-refractivity contribution in [1.29, 1.82) is 0 Å². The Bertz CT molecular complexity index is 255. The molecule has 0 aliphatic heterocycles. The highest BCUT2D eigenvalue weighted by atomic mass is 32.1. The summed E-state index contributed by atoms with van der Waals surface area (Å²) < 4.78 is 0. The molecular weight excluding hydrogens is 180 g/mol. The lowest BCUT2D eigenvalue weighted by molar-refractivity contribution is 0.615. The predicted molar refractivity (Wildman–Crippen MR) is 55.9 cm³/mol. The smallest absolute Gasteiger partial charge is 0.107 e. The quantitative estimate of drug-likeness (QED) is 0.748. The molecule has 0 saturated heterocycles. The topological polar surface area (TPSA) is 38.9 Å². The van der Waals surface area contributed by atoms with Crippen molar-refractivity contribution in [2.45, 2.75) is 45.1 Å². The molecule has 0 amide bonds. The maximum atomic E-state index is 5.59. The van der Waals surface area contributed by atoms with Crippen LogP contribution in [0.4, 0.5) is 0 Å². The number of hydrogen-bond donors (Lipinski definition) is 1. The molecule has 0 atom stereocenters. The highest BCUT2D eigenvalue weighted by Gasteiger charge is 2.11. The molecule has 1 heterocycles. The van der Waals surface area contributed by atoms with E-state index < -0.39 is 0 Å². The summed E-state index contributed by atoms with van der Waals surface area (Å²) in [6, 6.07) is 0. The van der Waals surface area contributed by atoms with Crippen LogP contribution in [-0.2, 0) is 19.4 Å². The molecule has 72 valence electrons. The van der Waals surface area contributed by atoms with Gasteiger partial charge in [0.05, 0.1) is 5.69 Å². The second-order valence-corrected chi connectivity index (χ2v) is 4.76. The minimum Gasteiger partial charge on any atom is -0.325 e. The first-order valence-corrected chi connectivity index (χ1v) is 5.89. The summed E-state index contributed by atoms with van der Waals surface area (Å²) in [6.45, 7) is 0.609. The van der Waals surface area contributed by atoms with Crippen molar-refractivity contribution in [3.05, 3.63) is 15.6 Å². The normalized spacial score (nSPS) is 17.6. The molecule has 0 unspecified atom stereocenters. The van der Waals surface area contributed by atoms with Gasteiger partial charge in [-0.2, -0.15) is 0 Å². The van der Waals surface area contributed by atoms with Gasteiger partial charge < -0.3 is 5.73 Å². The Balaban J connectivity index is 2.21. The van der Waals surface area contributed by atoms with Crippen LogP contribution in [0.2, 0.25) is 0 Å². The van der Waals surface area contributed by atoms with E-state index >= 15 is 0 Å². The number of aromatic nitrogens is 1. The molecule has 0 spiro atoms. The first-order valence-electron chi connectivity index (χ1n) is 5.07. The van der Waals surface area contributed by atoms with Gasteiger partial charge in [0, 0.05) is 11.4 Å². The highest BCUT2D eigenvalue weighted by Crippen LogP contribution is 2.25. The van der Waals surface area contributed by atoms with E-state index in [1.165, 1.54) is 49.1 Å². The van der Waals surface area contributed by atoms with Gasteiger partial charge in [0.1, 0.15) is 5.01 Å². The number of hydrogen-bond acceptors (Lipinski definition) is 3. The molecule has 0 saturated carbocycles. The molecule has 2 nitrogen and oxygen atoms in total. The van der Waals surface area contributed by atoms with Crippen LogP contribution < -0.4 is 5.73 Å². The molecule has 1 aromatic rings. The fourth-order valence-corrected chi connectivity index (χ4v) is 2.88. The van der Waals surface area contributed by atoms with Crippen molar-refractivity contribution in [1.82, 2.24) is 4.98 Å². The number of nitrogens with zero attached hydrogens (tertiary/aromatic N) is 1. The van der Waals surface area contributed by atoms with Crippen molar-refractivity contribution in [2.75, 3.05) is 0 Å². The first-order chi connectivity index (χ1) is 6.40. The molecule has 1 aromatic heterocycles. The summed E-state index contributed by atoms with van der Waals surface area (Å²) in [7, 11) is 0. The lowest BCUT2D eigenvalue weighted by atomic mass is 10.0. The second-order valence-electron chi connectivity index (χ2n) is 3.60. The third-order valence-corrected chi connectivity index (χ3v) is 3.74. The molecule has 0 bridgehead atoms. The van der Waals surface area contributed by atoms with Gasteiger partial charge in [-0.15, -0.1) is 11.3 Å². The Kier molecular flexibility index (Phi) is 2.96. The van der Waals surface area contributed by atoms with Crippen LogP contribution in [0, 0.1) is 0 Å². The third-order valence-electron chi connectivity index (χ3n) is 2.56. The van der Waals surface area contributed by atoms with Gasteiger partial charge in [0.15, 0.2) is 0 Å². The Morgan fingerprint density at radius 1 is 1.15 bits per heavy atom. The Morgan fingerprint density at radius 2 is 1.92 bits per heavy atom. The van der Waals surface area contributed by atoms with E-state index in [2.05, 4.69) is 4.98 Å². The van der Waals surface area contributed by atoms with Crippen molar-refractivity contribution in [3.63, 3.8) is 0 Å². The van der Waals surface area contributed by atoms with E-state index in [0.29, 0.717) is 6.54 Å². The van der Waals surface area contributed by atoms with Crippen molar-refractivity contribution in [3.8, 4) is 0 Å². The van der Waals surface area contributed by atoms with Gasteiger partial charge in [0.2, 0.25) is 0 Å². The van der Waals surface area contributed by atoms with Gasteiger partial charge in [-0.3, -0.25) is 0 Å². The zero-order valence-corrected chi connectivity index (χ0v) is 8.70. The number of nitrogens with two attached hydrogens (primary N) is 1. The van der Waals surface area contributed by atoms with Crippen LogP contribution in [0.5, 0.6) is 0 Å². The van der Waals surface area contributed by atoms with E-state index in [0.717, 1.165) is 5.01 Å². The lowest BCUT2D eigenvalue weighted by Crippen LogP contribution is -1.98. The van der Waals surface area contributed by atoms with Crippen molar-refractivity contribution in [2.24, 2.45) is 5.73 Å². The molecule has 1 aliphatic carbocycles. The van der Waals surface area contributed by atoms with Crippen LogP contribution in [0.15, 0.2) is 0 Å². The Morgan fingerprint density at radius 3 is 2.69 bits per heavy atom. The van der Waals surface area contributed by atoms with E-state index in [4.69, 9.17) is 5.73 Å². The summed E-state index contributed by atoms with van der Waals surface area (Å²) in [4.78, 5) is 6.06. The van der Waals surface area contributed by atoms with Crippen LogP contribution in [0.1, 0.15) is 41.3 Å². The third kappa shape index (κ3) is 2.09. The maximum Gasteiger partial charge on any atom is 0.107 e. The SMILES string of the molecule is NCc1nc2c(s1)CCCCCC2. The van der Waals surface area contributed by atoms with Crippen molar-refractivity contribution >= 4 is 11.3 Å². The molecule has 13 heavy (non-hydrogen) atoms. The molecular formula is C10H16N2S. The first kappa shape index (κ1) is 9.16. The minimum atomic E-state index is 0.609. The van der Waals surface area contributed by atoms with Gasteiger partial charge in [-0.1, -0.05) is 12.8 Å². The highest BCUT2D eigenvalue weighted by molar-refractivity contribution is 7.11. The van der Waals surface area contributed by atoms with E-state index in [9.17, 15) is 0 Å². The van der Waals surface area contributed by atoms with Crippen LogP contribution in [0.25, 0.3) is 0 Å². The van der Waals surface area contributed by atoms with Crippen molar-refractivity contribution < 1.29 is 0 Å².